The van der Waals surface area contributed by atoms with E-state index in [4.69, 9.17) is 9.15 Å². The first-order valence-electron chi connectivity index (χ1n) is 10.9. The fourth-order valence-corrected chi connectivity index (χ4v) is 4.00. The molecule has 1 atom stereocenters. The fraction of sp³-hybridized carbons (Fsp3) is 0.391. The number of para-hydroxylation sites is 1. The number of piperazine rings is 1. The summed E-state index contributed by atoms with van der Waals surface area (Å²) in [5.41, 5.74) is 0.708. The van der Waals surface area contributed by atoms with Crippen molar-refractivity contribution in [3.8, 4) is 0 Å². The Labute approximate surface area is 191 Å². The monoisotopic (exact) mass is 454 g/mol. The minimum atomic E-state index is -0.728. The molecule has 4 amide bonds. The van der Waals surface area contributed by atoms with Crippen molar-refractivity contribution in [2.24, 2.45) is 0 Å². The van der Waals surface area contributed by atoms with Crippen molar-refractivity contribution in [3.05, 3.63) is 54.5 Å². The van der Waals surface area contributed by atoms with Gasteiger partial charge in [0.15, 0.2) is 12.4 Å². The molecule has 0 bridgehead atoms. The third kappa shape index (κ3) is 5.33. The minimum absolute atomic E-state index is 0.167. The molecule has 0 unspecified atom stereocenters. The number of ether oxygens (including phenoxy) is 1. The number of benzene rings is 1. The summed E-state index contributed by atoms with van der Waals surface area (Å²) in [6.07, 6.45) is 2.56. The van der Waals surface area contributed by atoms with Crippen molar-refractivity contribution >= 4 is 29.5 Å². The van der Waals surface area contributed by atoms with Gasteiger partial charge in [-0.2, -0.15) is 0 Å². The van der Waals surface area contributed by atoms with E-state index in [1.807, 2.05) is 18.2 Å². The smallest absolute Gasteiger partial charge is 0.329 e. The van der Waals surface area contributed by atoms with Crippen LogP contribution in [0.25, 0.3) is 0 Å². The molecule has 2 fully saturated rings. The van der Waals surface area contributed by atoms with Gasteiger partial charge < -0.3 is 29.2 Å². The van der Waals surface area contributed by atoms with E-state index in [0.717, 1.165) is 0 Å². The van der Waals surface area contributed by atoms with Gasteiger partial charge in [0, 0.05) is 38.4 Å². The van der Waals surface area contributed by atoms with Crippen LogP contribution < -0.4 is 5.32 Å². The number of carbonyl (C=O) groups excluding carboxylic acids is 4. The van der Waals surface area contributed by atoms with Gasteiger partial charge in [-0.15, -0.1) is 0 Å². The first kappa shape index (κ1) is 22.4. The Morgan fingerprint density at radius 3 is 2.36 bits per heavy atom. The zero-order chi connectivity index (χ0) is 23.2. The predicted molar refractivity (Wildman–Crippen MR) is 117 cm³/mol. The highest BCUT2D eigenvalue weighted by Crippen LogP contribution is 2.21. The van der Waals surface area contributed by atoms with Crippen LogP contribution in [0.2, 0.25) is 0 Å². The van der Waals surface area contributed by atoms with Gasteiger partial charge in [0.25, 0.3) is 11.8 Å². The summed E-state index contributed by atoms with van der Waals surface area (Å²) in [6.45, 7) is 1.50. The molecule has 1 aromatic heterocycles. The summed E-state index contributed by atoms with van der Waals surface area (Å²) < 4.78 is 10.4. The Hall–Kier alpha value is -3.82. The lowest BCUT2D eigenvalue weighted by molar-refractivity contribution is -0.155. The van der Waals surface area contributed by atoms with Crippen LogP contribution in [-0.4, -0.2) is 83.9 Å². The first-order chi connectivity index (χ1) is 16.0. The molecule has 4 rings (SSSR count). The summed E-state index contributed by atoms with van der Waals surface area (Å²) in [5.74, 6) is -1.12. The molecule has 2 aliphatic heterocycles. The number of carbonyl (C=O) groups is 4. The first-order valence-corrected chi connectivity index (χ1v) is 10.9. The van der Waals surface area contributed by atoms with Crippen LogP contribution in [0, 0.1) is 0 Å². The lowest BCUT2D eigenvalue weighted by Gasteiger charge is -2.34. The second-order valence-electron chi connectivity index (χ2n) is 7.91. The van der Waals surface area contributed by atoms with E-state index in [-0.39, 0.29) is 23.6 Å². The van der Waals surface area contributed by atoms with Gasteiger partial charge in [0.05, 0.1) is 6.26 Å². The molecule has 0 saturated carbocycles. The average Bonchev–Trinajstić information content (AvgIpc) is 3.55. The van der Waals surface area contributed by atoms with Crippen LogP contribution in [0.4, 0.5) is 10.5 Å². The summed E-state index contributed by atoms with van der Waals surface area (Å²) in [5, 5.41) is 2.83. The highest BCUT2D eigenvalue weighted by atomic mass is 16.5. The molecule has 0 radical (unpaired) electrons. The molecule has 0 spiro atoms. The SMILES string of the molecule is O=C(OCC(=O)N1CCN(C(=O)Nc2ccccc2)CC1)[C@@H]1CCCN1C(=O)c1ccco1. The number of furan rings is 1. The van der Waals surface area contributed by atoms with Gasteiger partial charge >= 0.3 is 12.0 Å². The lowest BCUT2D eigenvalue weighted by atomic mass is 10.2. The van der Waals surface area contributed by atoms with Crippen molar-refractivity contribution in [3.63, 3.8) is 0 Å². The Morgan fingerprint density at radius 2 is 1.67 bits per heavy atom. The molecule has 1 aromatic carbocycles. The number of esters is 1. The predicted octanol–water partition coefficient (Wildman–Crippen LogP) is 1.80. The molecule has 2 aliphatic rings. The quantitative estimate of drug-likeness (QED) is 0.690. The van der Waals surface area contributed by atoms with Gasteiger partial charge in [-0.3, -0.25) is 9.59 Å². The van der Waals surface area contributed by atoms with Crippen LogP contribution in [0.15, 0.2) is 53.1 Å². The number of nitrogens with one attached hydrogen (secondary N) is 1. The number of urea groups is 1. The molecule has 2 aromatic rings. The summed E-state index contributed by atoms with van der Waals surface area (Å²) in [4.78, 5) is 54.6. The third-order valence-electron chi connectivity index (χ3n) is 5.80. The van der Waals surface area contributed by atoms with Gasteiger partial charge in [0.2, 0.25) is 0 Å². The molecule has 10 nitrogen and oxygen atoms in total. The molecule has 3 heterocycles. The summed E-state index contributed by atoms with van der Waals surface area (Å²) in [6, 6.07) is 11.4. The molecule has 33 heavy (non-hydrogen) atoms. The van der Waals surface area contributed by atoms with Gasteiger partial charge in [0.1, 0.15) is 6.04 Å². The average molecular weight is 454 g/mol. The van der Waals surface area contributed by atoms with E-state index in [1.54, 1.807) is 34.1 Å². The maximum Gasteiger partial charge on any atom is 0.329 e. The van der Waals surface area contributed by atoms with E-state index < -0.39 is 18.6 Å². The molecular weight excluding hydrogens is 428 g/mol. The highest BCUT2D eigenvalue weighted by Gasteiger charge is 2.37. The number of likely N-dealkylation sites (tertiary alicyclic amines) is 1. The standard InChI is InChI=1S/C23H26N4O6/c28-20(25-11-13-26(14-12-25)23(31)24-17-6-2-1-3-7-17)16-33-22(30)18-8-4-10-27(18)21(29)19-9-5-15-32-19/h1-3,5-7,9,15,18H,4,8,10-14,16H2,(H,24,31)/t18-/m0/s1. The van der Waals surface area contributed by atoms with Crippen LogP contribution in [0.1, 0.15) is 23.4 Å². The number of hydrogen-bond donors (Lipinski definition) is 1. The van der Waals surface area contributed by atoms with Gasteiger partial charge in [-0.05, 0) is 37.1 Å². The van der Waals surface area contributed by atoms with E-state index >= 15 is 0 Å². The van der Waals surface area contributed by atoms with Crippen molar-refractivity contribution < 1.29 is 28.3 Å². The molecule has 174 valence electrons. The largest absolute Gasteiger partial charge is 0.459 e. The van der Waals surface area contributed by atoms with Crippen LogP contribution in [0.5, 0.6) is 0 Å². The van der Waals surface area contributed by atoms with Crippen molar-refractivity contribution in [1.29, 1.82) is 0 Å². The number of amides is 4. The number of rotatable bonds is 5. The second kappa shape index (κ2) is 10.2. The molecule has 10 heteroatoms. The molecule has 2 saturated heterocycles. The molecular formula is C23H26N4O6. The Bertz CT molecular complexity index is 986. The van der Waals surface area contributed by atoms with Gasteiger partial charge in [-0.1, -0.05) is 18.2 Å². The van der Waals surface area contributed by atoms with Gasteiger partial charge in [-0.25, -0.2) is 9.59 Å². The van der Waals surface area contributed by atoms with Crippen LogP contribution >= 0.6 is 0 Å². The Kier molecular flexibility index (Phi) is 6.92. The van der Waals surface area contributed by atoms with E-state index in [1.165, 1.54) is 11.2 Å². The second-order valence-corrected chi connectivity index (χ2v) is 7.91. The summed E-state index contributed by atoms with van der Waals surface area (Å²) in [7, 11) is 0. The Morgan fingerprint density at radius 1 is 0.939 bits per heavy atom. The van der Waals surface area contributed by atoms with Crippen LogP contribution in [-0.2, 0) is 14.3 Å². The topological polar surface area (TPSA) is 112 Å². The van der Waals surface area contributed by atoms with E-state index in [2.05, 4.69) is 5.32 Å². The van der Waals surface area contributed by atoms with E-state index in [0.29, 0.717) is 51.3 Å². The molecule has 1 N–H and O–H groups in total. The maximum atomic E-state index is 12.6. The number of hydrogen-bond acceptors (Lipinski definition) is 6. The maximum absolute atomic E-state index is 12.6. The third-order valence-corrected chi connectivity index (χ3v) is 5.80. The van der Waals surface area contributed by atoms with Crippen molar-refractivity contribution in [2.75, 3.05) is 44.6 Å². The van der Waals surface area contributed by atoms with Crippen molar-refractivity contribution in [2.45, 2.75) is 18.9 Å². The fourth-order valence-electron chi connectivity index (χ4n) is 4.00. The number of anilines is 1. The van der Waals surface area contributed by atoms with Crippen LogP contribution in [0.3, 0.4) is 0 Å². The molecule has 0 aliphatic carbocycles. The van der Waals surface area contributed by atoms with Crippen molar-refractivity contribution in [1.82, 2.24) is 14.7 Å². The zero-order valence-corrected chi connectivity index (χ0v) is 18.1. The minimum Gasteiger partial charge on any atom is -0.459 e. The zero-order valence-electron chi connectivity index (χ0n) is 18.1. The lowest BCUT2D eigenvalue weighted by Crippen LogP contribution is -2.52. The number of nitrogens with zero attached hydrogens (tertiary/aromatic N) is 3. The summed E-state index contributed by atoms with van der Waals surface area (Å²) >= 11 is 0. The normalized spacial score (nSPS) is 18.2. The Balaban J connectivity index is 1.22. The van der Waals surface area contributed by atoms with E-state index in [9.17, 15) is 19.2 Å². The highest BCUT2D eigenvalue weighted by molar-refractivity contribution is 5.95.